The number of piperidine rings is 1. The summed E-state index contributed by atoms with van der Waals surface area (Å²) in [6.45, 7) is 1.31. The number of hydrogen-bond acceptors (Lipinski definition) is 2. The molecule has 2 fully saturated rings. The maximum absolute atomic E-state index is 12.4. The summed E-state index contributed by atoms with van der Waals surface area (Å²) in [4.78, 5) is 6.16. The molecular formula is C18H26BrF2IN4. The molecule has 1 aromatic rings. The third-order valence-corrected chi connectivity index (χ3v) is 5.49. The van der Waals surface area contributed by atoms with Crippen molar-refractivity contribution in [2.45, 2.75) is 43.7 Å². The van der Waals surface area contributed by atoms with Crippen LogP contribution in [0.3, 0.4) is 0 Å². The normalized spacial score (nSPS) is 24.3. The third-order valence-electron chi connectivity index (χ3n) is 4.96. The molecule has 4 nitrogen and oxygen atoms in total. The van der Waals surface area contributed by atoms with Gasteiger partial charge >= 0.3 is 0 Å². The minimum absolute atomic E-state index is 0. The molecule has 1 aliphatic carbocycles. The van der Waals surface area contributed by atoms with Gasteiger partial charge in [-0.15, -0.1) is 24.0 Å². The first-order valence-corrected chi connectivity index (χ1v) is 9.60. The van der Waals surface area contributed by atoms with E-state index in [0.717, 1.165) is 29.7 Å². The molecule has 3 rings (SSSR count). The minimum atomic E-state index is -2.25. The van der Waals surface area contributed by atoms with Gasteiger partial charge < -0.3 is 10.6 Å². The van der Waals surface area contributed by atoms with E-state index in [9.17, 15) is 8.78 Å². The van der Waals surface area contributed by atoms with Gasteiger partial charge in [0.1, 0.15) is 0 Å². The zero-order valence-electron chi connectivity index (χ0n) is 14.8. The Morgan fingerprint density at radius 1 is 1.23 bits per heavy atom. The fourth-order valence-corrected chi connectivity index (χ4v) is 3.69. The maximum Gasteiger partial charge on any atom is 0.251 e. The second-order valence-corrected chi connectivity index (χ2v) is 7.74. The predicted octanol–water partition coefficient (Wildman–Crippen LogP) is 3.82. The molecule has 8 heteroatoms. The van der Waals surface area contributed by atoms with Crippen LogP contribution in [0.15, 0.2) is 33.7 Å². The highest BCUT2D eigenvalue weighted by Gasteiger charge is 2.39. The van der Waals surface area contributed by atoms with Crippen LogP contribution in [-0.2, 0) is 0 Å². The van der Waals surface area contributed by atoms with E-state index in [1.807, 2.05) is 4.90 Å². The van der Waals surface area contributed by atoms with E-state index in [1.54, 1.807) is 7.05 Å². The quantitative estimate of drug-likeness (QED) is 0.337. The lowest BCUT2D eigenvalue weighted by Gasteiger charge is -2.32. The lowest BCUT2D eigenvalue weighted by molar-refractivity contribution is 0.0744. The number of rotatable bonds is 5. The van der Waals surface area contributed by atoms with E-state index in [1.165, 1.54) is 5.56 Å². The molecule has 2 aliphatic rings. The number of alkyl halides is 2. The molecule has 1 aliphatic heterocycles. The molecule has 0 spiro atoms. The second-order valence-electron chi connectivity index (χ2n) is 6.83. The van der Waals surface area contributed by atoms with Gasteiger partial charge in [0, 0.05) is 42.6 Å². The predicted molar refractivity (Wildman–Crippen MR) is 116 cm³/mol. The zero-order valence-corrected chi connectivity index (χ0v) is 18.7. The summed E-state index contributed by atoms with van der Waals surface area (Å²) in [5, 5.41) is 6.94. The molecule has 0 aromatic heterocycles. The number of nitrogens with zero attached hydrogens (tertiary/aromatic N) is 2. The molecule has 0 bridgehead atoms. The Balaban J connectivity index is 0.00000243. The molecule has 2 unspecified atom stereocenters. The summed E-state index contributed by atoms with van der Waals surface area (Å²) >= 11 is 3.46. The first kappa shape index (κ1) is 21.8. The van der Waals surface area contributed by atoms with Crippen LogP contribution in [0.1, 0.15) is 30.7 Å². The van der Waals surface area contributed by atoms with Crippen LogP contribution in [0, 0.1) is 0 Å². The standard InChI is InChI=1S/C18H25BrF2N4.HI/c1-22-18(23-14-6-8-25(9-7-14)11-17(20)21)24-16-10-15(16)12-2-4-13(19)5-3-12;/h2-5,14-17H,6-11H2,1H3,(H2,22,23,24);1H. The van der Waals surface area contributed by atoms with Crippen molar-refractivity contribution in [3.05, 3.63) is 34.3 Å². The zero-order chi connectivity index (χ0) is 17.8. The number of hydrogen-bond donors (Lipinski definition) is 2. The summed E-state index contributed by atoms with van der Waals surface area (Å²) in [5.41, 5.74) is 1.34. The summed E-state index contributed by atoms with van der Waals surface area (Å²) in [6, 6.07) is 9.17. The maximum atomic E-state index is 12.4. The SMILES string of the molecule is CN=C(NC1CCN(CC(F)F)CC1)NC1CC1c1ccc(Br)cc1.I. The van der Waals surface area contributed by atoms with Crippen molar-refractivity contribution in [3.63, 3.8) is 0 Å². The molecule has 1 saturated heterocycles. The lowest BCUT2D eigenvalue weighted by atomic mass is 10.1. The minimum Gasteiger partial charge on any atom is -0.354 e. The van der Waals surface area contributed by atoms with Gasteiger partial charge in [-0.05, 0) is 37.0 Å². The molecule has 146 valence electrons. The van der Waals surface area contributed by atoms with Crippen LogP contribution in [0.5, 0.6) is 0 Å². The van der Waals surface area contributed by atoms with Crippen molar-refractivity contribution in [1.29, 1.82) is 0 Å². The van der Waals surface area contributed by atoms with Crippen molar-refractivity contribution in [2.24, 2.45) is 4.99 Å². The van der Waals surface area contributed by atoms with E-state index in [0.29, 0.717) is 31.1 Å². The fourth-order valence-electron chi connectivity index (χ4n) is 3.43. The molecule has 0 amide bonds. The smallest absolute Gasteiger partial charge is 0.251 e. The van der Waals surface area contributed by atoms with Gasteiger partial charge in [0.2, 0.25) is 0 Å². The van der Waals surface area contributed by atoms with Crippen LogP contribution in [-0.4, -0.2) is 56.1 Å². The summed E-state index contributed by atoms with van der Waals surface area (Å²) in [5.74, 6) is 1.34. The highest BCUT2D eigenvalue weighted by atomic mass is 127. The molecule has 1 aromatic carbocycles. The van der Waals surface area contributed by atoms with Gasteiger partial charge in [0.25, 0.3) is 6.43 Å². The van der Waals surface area contributed by atoms with Gasteiger partial charge in [-0.1, -0.05) is 28.1 Å². The number of likely N-dealkylation sites (tertiary alicyclic amines) is 1. The van der Waals surface area contributed by atoms with Crippen molar-refractivity contribution >= 4 is 45.9 Å². The second kappa shape index (κ2) is 10.2. The average molecular weight is 543 g/mol. The van der Waals surface area contributed by atoms with Gasteiger partial charge in [0.05, 0.1) is 6.54 Å². The Labute approximate surface area is 179 Å². The van der Waals surface area contributed by atoms with Gasteiger partial charge in [-0.2, -0.15) is 0 Å². The van der Waals surface area contributed by atoms with E-state index in [2.05, 4.69) is 55.8 Å². The highest BCUT2D eigenvalue weighted by Crippen LogP contribution is 2.41. The van der Waals surface area contributed by atoms with Gasteiger partial charge in [-0.25, -0.2) is 8.78 Å². The third kappa shape index (κ3) is 6.30. The van der Waals surface area contributed by atoms with Crippen LogP contribution in [0.4, 0.5) is 8.78 Å². The fraction of sp³-hybridized carbons (Fsp3) is 0.611. The molecule has 1 heterocycles. The Hall–Kier alpha value is -0.480. The van der Waals surface area contributed by atoms with Gasteiger partial charge in [-0.3, -0.25) is 9.89 Å². The van der Waals surface area contributed by atoms with E-state index >= 15 is 0 Å². The number of guanidine groups is 1. The largest absolute Gasteiger partial charge is 0.354 e. The first-order valence-electron chi connectivity index (χ1n) is 8.81. The van der Waals surface area contributed by atoms with Gasteiger partial charge in [0.15, 0.2) is 5.96 Å². The molecule has 1 saturated carbocycles. The van der Waals surface area contributed by atoms with Crippen molar-refractivity contribution in [3.8, 4) is 0 Å². The van der Waals surface area contributed by atoms with Crippen LogP contribution in [0.2, 0.25) is 0 Å². The first-order chi connectivity index (χ1) is 12.0. The monoisotopic (exact) mass is 542 g/mol. The van der Waals surface area contributed by atoms with E-state index in [-0.39, 0.29) is 30.5 Å². The van der Waals surface area contributed by atoms with E-state index < -0.39 is 6.43 Å². The van der Waals surface area contributed by atoms with Crippen LogP contribution in [0.25, 0.3) is 0 Å². The van der Waals surface area contributed by atoms with Crippen LogP contribution < -0.4 is 10.6 Å². The van der Waals surface area contributed by atoms with Crippen molar-refractivity contribution in [1.82, 2.24) is 15.5 Å². The Bertz CT molecular complexity index is 591. The molecule has 2 atom stereocenters. The summed E-state index contributed by atoms with van der Waals surface area (Å²) < 4.78 is 26.0. The Morgan fingerprint density at radius 2 is 1.88 bits per heavy atom. The molecule has 2 N–H and O–H groups in total. The molecule has 26 heavy (non-hydrogen) atoms. The number of aliphatic imine (C=N–C) groups is 1. The highest BCUT2D eigenvalue weighted by molar-refractivity contribution is 14.0. The molecule has 0 radical (unpaired) electrons. The molecular weight excluding hydrogens is 517 g/mol. The topological polar surface area (TPSA) is 39.7 Å². The number of nitrogens with one attached hydrogen (secondary N) is 2. The van der Waals surface area contributed by atoms with Crippen molar-refractivity contribution < 1.29 is 8.78 Å². The van der Waals surface area contributed by atoms with Crippen molar-refractivity contribution in [2.75, 3.05) is 26.7 Å². The Morgan fingerprint density at radius 3 is 2.46 bits per heavy atom. The summed E-state index contributed by atoms with van der Waals surface area (Å²) in [7, 11) is 1.78. The van der Waals surface area contributed by atoms with Crippen LogP contribution >= 0.6 is 39.9 Å². The average Bonchev–Trinajstić information content (AvgIpc) is 3.35. The Kier molecular flexibility index (Phi) is 8.53. The van der Waals surface area contributed by atoms with E-state index in [4.69, 9.17) is 0 Å². The number of benzene rings is 1. The number of halogens is 4. The lowest BCUT2D eigenvalue weighted by Crippen LogP contribution is -2.49. The summed E-state index contributed by atoms with van der Waals surface area (Å²) in [6.07, 6.45) is 0.599.